The Balaban J connectivity index is 0.00000341. The second-order valence-electron chi connectivity index (χ2n) is 6.79. The van der Waals surface area contributed by atoms with Gasteiger partial charge in [-0.15, -0.1) is 0 Å². The van der Waals surface area contributed by atoms with Crippen molar-refractivity contribution in [2.24, 2.45) is 7.05 Å². The van der Waals surface area contributed by atoms with Crippen molar-refractivity contribution in [3.05, 3.63) is 41.5 Å². The molecule has 1 aliphatic heterocycles. The van der Waals surface area contributed by atoms with E-state index in [-0.39, 0.29) is 48.5 Å². The molecule has 3 N–H and O–H groups in total. The van der Waals surface area contributed by atoms with Gasteiger partial charge in [-0.05, 0) is 24.6 Å². The Bertz CT molecular complexity index is 1080. The van der Waals surface area contributed by atoms with Crippen LogP contribution in [0.3, 0.4) is 0 Å². The average molecular weight is 482 g/mol. The van der Waals surface area contributed by atoms with Gasteiger partial charge >= 0.3 is 0 Å². The molecule has 0 saturated heterocycles. The molecule has 3 rings (SSSR count). The number of hydrogen-bond acceptors (Lipinski definition) is 5. The topological polar surface area (TPSA) is 110 Å². The predicted molar refractivity (Wildman–Crippen MR) is 111 cm³/mol. The molecule has 0 bridgehead atoms. The summed E-state index contributed by atoms with van der Waals surface area (Å²) < 4.78 is 73.7. The molecule has 1 unspecified atom stereocenters. The van der Waals surface area contributed by atoms with E-state index in [9.17, 15) is 31.5 Å². The highest BCUT2D eigenvalue weighted by molar-refractivity contribution is 7.89. The zero-order chi connectivity index (χ0) is 22.2. The van der Waals surface area contributed by atoms with Gasteiger partial charge in [0.05, 0.1) is 17.7 Å². The Hall–Kier alpha value is -2.22. The highest BCUT2D eigenvalue weighted by atomic mass is 32.2. The van der Waals surface area contributed by atoms with Gasteiger partial charge in [-0.2, -0.15) is 13.5 Å². The van der Waals surface area contributed by atoms with Crippen LogP contribution >= 0.6 is 13.5 Å². The number of benzene rings is 1. The highest BCUT2D eigenvalue weighted by Crippen LogP contribution is 2.33. The Labute approximate surface area is 183 Å². The van der Waals surface area contributed by atoms with Crippen molar-refractivity contribution in [2.45, 2.75) is 36.8 Å². The van der Waals surface area contributed by atoms with Gasteiger partial charge in [-0.1, -0.05) is 6.92 Å². The molecule has 0 saturated carbocycles. The molecular weight excluding hydrogens is 459 g/mol. The average Bonchev–Trinajstić information content (AvgIpc) is 2.96. The molecule has 1 aromatic heterocycles. The van der Waals surface area contributed by atoms with Gasteiger partial charge in [0.2, 0.25) is 10.0 Å². The minimum atomic E-state index is -4.10. The van der Waals surface area contributed by atoms with Crippen LogP contribution in [0.25, 0.3) is 0 Å². The van der Waals surface area contributed by atoms with Crippen molar-refractivity contribution in [3.8, 4) is 5.75 Å². The van der Waals surface area contributed by atoms with Gasteiger partial charge in [-0.25, -0.2) is 26.3 Å². The fourth-order valence-corrected chi connectivity index (χ4v) is 4.54. The minimum absolute atomic E-state index is 0. The number of rotatable bonds is 5. The number of ether oxygens (including phenoxy) is 1. The number of anilines is 1. The monoisotopic (exact) mass is 481 g/mol. The fourth-order valence-electron chi connectivity index (χ4n) is 3.09. The predicted octanol–water partition coefficient (Wildman–Crippen LogP) is 2.28. The quantitative estimate of drug-likeness (QED) is 0.607. The number of halogens is 3. The fraction of sp³-hybridized carbons (Fsp3) is 0.389. The van der Waals surface area contributed by atoms with E-state index >= 15 is 0 Å². The number of carbonyl (C=O) groups is 1. The SMILES string of the molecule is CCC(O)[C@@H]1COc2c(cn(C)c2C(=O)Nc2ccc(F)c(C(F)F)c2)S(=O)(=O)N1.S. The first kappa shape index (κ1) is 25.0. The summed E-state index contributed by atoms with van der Waals surface area (Å²) in [5.74, 6) is -2.18. The summed E-state index contributed by atoms with van der Waals surface area (Å²) in [6.45, 7) is 1.45. The van der Waals surface area contributed by atoms with E-state index in [1.54, 1.807) is 6.92 Å². The van der Waals surface area contributed by atoms with Crippen LogP contribution in [0.1, 0.15) is 35.8 Å². The van der Waals surface area contributed by atoms with E-state index in [0.717, 1.165) is 18.2 Å². The second-order valence-corrected chi connectivity index (χ2v) is 8.47. The van der Waals surface area contributed by atoms with Crippen LogP contribution < -0.4 is 14.8 Å². The van der Waals surface area contributed by atoms with Crippen molar-refractivity contribution >= 4 is 35.1 Å². The Morgan fingerprint density at radius 3 is 2.71 bits per heavy atom. The van der Waals surface area contributed by atoms with Crippen LogP contribution in [-0.2, 0) is 17.1 Å². The maximum Gasteiger partial charge on any atom is 0.276 e. The van der Waals surface area contributed by atoms with Crippen LogP contribution in [0.4, 0.5) is 18.9 Å². The molecule has 2 atom stereocenters. The number of carbonyl (C=O) groups excluding carboxylic acids is 1. The lowest BCUT2D eigenvalue weighted by Crippen LogP contribution is -2.45. The molecule has 1 aliphatic rings. The Morgan fingerprint density at radius 2 is 2.10 bits per heavy atom. The summed E-state index contributed by atoms with van der Waals surface area (Å²) >= 11 is 0. The summed E-state index contributed by atoms with van der Waals surface area (Å²) in [6, 6.07) is 1.78. The number of nitrogens with one attached hydrogen (secondary N) is 2. The number of nitrogens with zero attached hydrogens (tertiary/aromatic N) is 1. The Morgan fingerprint density at radius 1 is 1.42 bits per heavy atom. The summed E-state index contributed by atoms with van der Waals surface area (Å²) in [6.07, 6.45) is -2.63. The molecular formula is C18H22F3N3O5S2. The molecule has 2 aromatic rings. The van der Waals surface area contributed by atoms with Gasteiger partial charge in [0.25, 0.3) is 12.3 Å². The molecule has 8 nitrogen and oxygen atoms in total. The summed E-state index contributed by atoms with van der Waals surface area (Å²) in [7, 11) is -2.69. The lowest BCUT2D eigenvalue weighted by atomic mass is 10.1. The molecule has 13 heteroatoms. The number of fused-ring (bicyclic) bond motifs is 1. The number of sulfonamides is 1. The first-order valence-corrected chi connectivity index (χ1v) is 10.4. The van der Waals surface area contributed by atoms with Crippen molar-refractivity contribution in [1.82, 2.24) is 9.29 Å². The van der Waals surface area contributed by atoms with Crippen LogP contribution in [0.5, 0.6) is 5.75 Å². The second kappa shape index (κ2) is 9.51. The third-order valence-electron chi connectivity index (χ3n) is 4.69. The third kappa shape index (κ3) is 5.00. The molecule has 1 aromatic carbocycles. The van der Waals surface area contributed by atoms with E-state index in [0.29, 0.717) is 0 Å². The van der Waals surface area contributed by atoms with Crippen LogP contribution in [0, 0.1) is 5.82 Å². The van der Waals surface area contributed by atoms with Gasteiger partial charge in [0.1, 0.15) is 17.3 Å². The maximum atomic E-state index is 13.5. The molecule has 0 radical (unpaired) electrons. The summed E-state index contributed by atoms with van der Waals surface area (Å²) in [5.41, 5.74) is -1.15. The van der Waals surface area contributed by atoms with Crippen molar-refractivity contribution in [1.29, 1.82) is 0 Å². The number of aliphatic hydroxyl groups excluding tert-OH is 1. The molecule has 2 heterocycles. The molecule has 0 aliphatic carbocycles. The lowest BCUT2D eigenvalue weighted by Gasteiger charge is -2.20. The minimum Gasteiger partial charge on any atom is -0.488 e. The first-order valence-electron chi connectivity index (χ1n) is 8.96. The molecule has 0 spiro atoms. The van der Waals surface area contributed by atoms with E-state index in [2.05, 4.69) is 10.0 Å². The van der Waals surface area contributed by atoms with Gasteiger partial charge in [0.15, 0.2) is 11.4 Å². The van der Waals surface area contributed by atoms with Crippen LogP contribution in [0.15, 0.2) is 29.3 Å². The van der Waals surface area contributed by atoms with Gasteiger partial charge < -0.3 is 19.7 Å². The first-order chi connectivity index (χ1) is 14.0. The number of amides is 1. The van der Waals surface area contributed by atoms with E-state index in [1.165, 1.54) is 17.8 Å². The van der Waals surface area contributed by atoms with Crippen molar-refractivity contribution in [3.63, 3.8) is 0 Å². The smallest absolute Gasteiger partial charge is 0.276 e. The number of aromatic nitrogens is 1. The summed E-state index contributed by atoms with van der Waals surface area (Å²) in [5, 5.41) is 12.3. The van der Waals surface area contributed by atoms with E-state index in [1.807, 2.05) is 0 Å². The van der Waals surface area contributed by atoms with E-state index < -0.39 is 45.9 Å². The number of aliphatic hydroxyl groups is 1. The normalized spacial score (nSPS) is 18.4. The van der Waals surface area contributed by atoms with Crippen molar-refractivity contribution in [2.75, 3.05) is 11.9 Å². The number of hydrogen-bond donors (Lipinski definition) is 3. The molecule has 172 valence electrons. The van der Waals surface area contributed by atoms with Gasteiger partial charge in [-0.3, -0.25) is 4.79 Å². The summed E-state index contributed by atoms with van der Waals surface area (Å²) in [4.78, 5) is 12.5. The number of alkyl halides is 2. The molecule has 31 heavy (non-hydrogen) atoms. The zero-order valence-electron chi connectivity index (χ0n) is 16.5. The number of aryl methyl sites for hydroxylation is 1. The highest BCUT2D eigenvalue weighted by Gasteiger charge is 2.36. The zero-order valence-corrected chi connectivity index (χ0v) is 18.3. The van der Waals surface area contributed by atoms with Gasteiger partial charge in [0, 0.05) is 18.9 Å². The largest absolute Gasteiger partial charge is 0.488 e. The lowest BCUT2D eigenvalue weighted by molar-refractivity contribution is 0.0990. The molecule has 1 amide bonds. The van der Waals surface area contributed by atoms with E-state index in [4.69, 9.17) is 4.74 Å². The molecule has 0 fully saturated rings. The van der Waals surface area contributed by atoms with Crippen LogP contribution in [-0.4, -0.2) is 42.8 Å². The standard InChI is InChI=1S/C18H20F3N3O5S.H2S/c1-3-13(25)12-8-29-16-14(30(27,28)23-12)7-24(2)15(16)18(26)22-9-4-5-11(19)10(6-9)17(20)21;/h4-7,12-13,17,23,25H,3,8H2,1-2H3,(H,22,26);1H2/t12-,13?;/m0./s1. The van der Waals surface area contributed by atoms with Crippen LogP contribution in [0.2, 0.25) is 0 Å². The maximum absolute atomic E-state index is 13.5. The van der Waals surface area contributed by atoms with Crippen molar-refractivity contribution < 1.29 is 36.2 Å². The third-order valence-corrected chi connectivity index (χ3v) is 6.18. The Kier molecular flexibility index (Phi) is 7.68.